The number of hydrogen-bond acceptors (Lipinski definition) is 4. The minimum Gasteiger partial charge on any atom is -0.478 e. The van der Waals surface area contributed by atoms with Crippen LogP contribution in [0.5, 0.6) is 0 Å². The van der Waals surface area contributed by atoms with E-state index in [0.29, 0.717) is 12.3 Å². The summed E-state index contributed by atoms with van der Waals surface area (Å²) in [6, 6.07) is 4.67. The van der Waals surface area contributed by atoms with Crippen LogP contribution in [0.15, 0.2) is 18.2 Å². The number of nitrogen functional groups attached to an aromatic ring is 1. The maximum atomic E-state index is 10.7. The van der Waals surface area contributed by atoms with Crippen LogP contribution in [0.1, 0.15) is 30.6 Å². The van der Waals surface area contributed by atoms with Crippen LogP contribution < -0.4 is 11.1 Å². The summed E-state index contributed by atoms with van der Waals surface area (Å²) in [5, 5.41) is 12.0. The molecular formula is C13H20N2O3. The van der Waals surface area contributed by atoms with Crippen LogP contribution in [0, 0.1) is 0 Å². The van der Waals surface area contributed by atoms with Gasteiger partial charge >= 0.3 is 5.97 Å². The fourth-order valence-electron chi connectivity index (χ4n) is 1.47. The van der Waals surface area contributed by atoms with E-state index in [1.54, 1.807) is 6.07 Å². The highest BCUT2D eigenvalue weighted by Crippen LogP contribution is 2.19. The van der Waals surface area contributed by atoms with E-state index in [2.05, 4.69) is 5.32 Å². The van der Waals surface area contributed by atoms with Gasteiger partial charge in [0.05, 0.1) is 23.0 Å². The first-order valence-electron chi connectivity index (χ1n) is 5.99. The lowest BCUT2D eigenvalue weighted by molar-refractivity contribution is 0.0697. The highest BCUT2D eigenvalue weighted by atomic mass is 16.5. The van der Waals surface area contributed by atoms with E-state index in [4.69, 9.17) is 15.6 Å². The third-order valence-corrected chi connectivity index (χ3v) is 2.39. The SMILES string of the molecule is CC(C)OCCCNc1ccc(C(=O)O)cc1N. The van der Waals surface area contributed by atoms with Crippen molar-refractivity contribution in [3.8, 4) is 0 Å². The largest absolute Gasteiger partial charge is 0.478 e. The number of aromatic carboxylic acids is 1. The number of anilines is 2. The minimum absolute atomic E-state index is 0.196. The Bertz CT molecular complexity index is 405. The zero-order valence-electron chi connectivity index (χ0n) is 10.8. The van der Waals surface area contributed by atoms with E-state index in [0.717, 1.165) is 18.7 Å². The Morgan fingerprint density at radius 1 is 1.50 bits per heavy atom. The number of hydrogen-bond donors (Lipinski definition) is 3. The molecule has 1 aromatic carbocycles. The standard InChI is InChI=1S/C13H20N2O3/c1-9(2)18-7-3-6-15-12-5-4-10(13(16)17)8-11(12)14/h4-5,8-9,15H,3,6-7,14H2,1-2H3,(H,16,17). The van der Waals surface area contributed by atoms with Gasteiger partial charge in [-0.1, -0.05) is 0 Å². The van der Waals surface area contributed by atoms with E-state index in [-0.39, 0.29) is 11.7 Å². The molecule has 4 N–H and O–H groups in total. The smallest absolute Gasteiger partial charge is 0.335 e. The van der Waals surface area contributed by atoms with Crippen molar-refractivity contribution in [2.75, 3.05) is 24.2 Å². The Morgan fingerprint density at radius 3 is 2.78 bits per heavy atom. The van der Waals surface area contributed by atoms with Gasteiger partial charge in [0.15, 0.2) is 0 Å². The van der Waals surface area contributed by atoms with Gasteiger partial charge in [0.25, 0.3) is 0 Å². The number of carboxylic acids is 1. The maximum absolute atomic E-state index is 10.7. The molecule has 0 saturated carbocycles. The average Bonchev–Trinajstić information content (AvgIpc) is 2.29. The number of carbonyl (C=O) groups is 1. The first-order valence-corrected chi connectivity index (χ1v) is 5.99. The molecule has 5 heteroatoms. The van der Waals surface area contributed by atoms with Crippen molar-refractivity contribution >= 4 is 17.3 Å². The Hall–Kier alpha value is -1.75. The molecule has 0 radical (unpaired) electrons. The molecule has 0 aliphatic rings. The van der Waals surface area contributed by atoms with Crippen molar-refractivity contribution in [3.63, 3.8) is 0 Å². The second-order valence-corrected chi connectivity index (χ2v) is 4.31. The van der Waals surface area contributed by atoms with E-state index in [1.807, 2.05) is 13.8 Å². The molecule has 0 spiro atoms. The van der Waals surface area contributed by atoms with Crippen LogP contribution in [0.4, 0.5) is 11.4 Å². The van der Waals surface area contributed by atoms with Gasteiger partial charge in [-0.2, -0.15) is 0 Å². The van der Waals surface area contributed by atoms with Gasteiger partial charge in [0.2, 0.25) is 0 Å². The fraction of sp³-hybridized carbons (Fsp3) is 0.462. The molecule has 1 aromatic rings. The number of rotatable bonds is 7. The number of nitrogens with two attached hydrogens (primary N) is 1. The van der Waals surface area contributed by atoms with Crippen LogP contribution in [-0.2, 0) is 4.74 Å². The summed E-state index contributed by atoms with van der Waals surface area (Å²) in [6.07, 6.45) is 1.11. The lowest BCUT2D eigenvalue weighted by Crippen LogP contribution is -2.10. The molecule has 0 fully saturated rings. The molecular weight excluding hydrogens is 232 g/mol. The zero-order chi connectivity index (χ0) is 13.5. The van der Waals surface area contributed by atoms with E-state index in [9.17, 15) is 4.79 Å². The molecule has 0 heterocycles. The predicted molar refractivity (Wildman–Crippen MR) is 72.0 cm³/mol. The van der Waals surface area contributed by atoms with Crippen molar-refractivity contribution in [1.29, 1.82) is 0 Å². The van der Waals surface area contributed by atoms with Crippen LogP contribution in [0.25, 0.3) is 0 Å². The second kappa shape index (κ2) is 6.86. The number of carboxylic acid groups (broad SMARTS) is 1. The first kappa shape index (κ1) is 14.3. The lowest BCUT2D eigenvalue weighted by atomic mass is 10.1. The predicted octanol–water partition coefficient (Wildman–Crippen LogP) is 2.19. The highest BCUT2D eigenvalue weighted by Gasteiger charge is 2.05. The first-order chi connectivity index (χ1) is 8.50. The molecule has 1 rings (SSSR count). The van der Waals surface area contributed by atoms with Crippen LogP contribution >= 0.6 is 0 Å². The molecule has 0 unspecified atom stereocenters. The summed E-state index contributed by atoms with van der Waals surface area (Å²) >= 11 is 0. The van der Waals surface area contributed by atoms with Gasteiger partial charge in [0, 0.05) is 13.2 Å². The Labute approximate surface area is 107 Å². The van der Waals surface area contributed by atoms with Gasteiger partial charge in [-0.25, -0.2) is 4.79 Å². The Kier molecular flexibility index (Phi) is 5.45. The molecule has 0 aliphatic heterocycles. The zero-order valence-corrected chi connectivity index (χ0v) is 10.8. The minimum atomic E-state index is -0.974. The summed E-state index contributed by atoms with van der Waals surface area (Å²) in [5.74, 6) is -0.974. The molecule has 100 valence electrons. The quantitative estimate of drug-likeness (QED) is 0.511. The molecule has 0 aliphatic carbocycles. The van der Waals surface area contributed by atoms with Gasteiger partial charge in [-0.15, -0.1) is 0 Å². The molecule has 0 aromatic heterocycles. The fourth-order valence-corrected chi connectivity index (χ4v) is 1.47. The molecule has 0 bridgehead atoms. The summed E-state index contributed by atoms with van der Waals surface area (Å²) in [5.41, 5.74) is 7.16. The normalized spacial score (nSPS) is 10.6. The van der Waals surface area contributed by atoms with Gasteiger partial charge in [-0.3, -0.25) is 0 Å². The number of benzene rings is 1. The van der Waals surface area contributed by atoms with Crippen molar-refractivity contribution in [1.82, 2.24) is 0 Å². The molecule has 18 heavy (non-hydrogen) atoms. The second-order valence-electron chi connectivity index (χ2n) is 4.31. The number of ether oxygens (including phenoxy) is 1. The molecule has 0 amide bonds. The van der Waals surface area contributed by atoms with E-state index < -0.39 is 5.97 Å². The van der Waals surface area contributed by atoms with E-state index >= 15 is 0 Å². The summed E-state index contributed by atoms with van der Waals surface area (Å²) < 4.78 is 5.41. The number of nitrogens with one attached hydrogen (secondary N) is 1. The third-order valence-electron chi connectivity index (χ3n) is 2.39. The average molecular weight is 252 g/mol. The summed E-state index contributed by atoms with van der Waals surface area (Å²) in [6.45, 7) is 5.42. The van der Waals surface area contributed by atoms with Crippen molar-refractivity contribution in [2.45, 2.75) is 26.4 Å². The maximum Gasteiger partial charge on any atom is 0.335 e. The Balaban J connectivity index is 2.41. The van der Waals surface area contributed by atoms with Gasteiger partial charge in [0.1, 0.15) is 0 Å². The third kappa shape index (κ3) is 4.63. The van der Waals surface area contributed by atoms with E-state index in [1.165, 1.54) is 12.1 Å². The van der Waals surface area contributed by atoms with Crippen LogP contribution in [-0.4, -0.2) is 30.3 Å². The van der Waals surface area contributed by atoms with Crippen molar-refractivity contribution < 1.29 is 14.6 Å². The van der Waals surface area contributed by atoms with Gasteiger partial charge < -0.3 is 20.9 Å². The van der Waals surface area contributed by atoms with Crippen molar-refractivity contribution in [2.24, 2.45) is 0 Å². The monoisotopic (exact) mass is 252 g/mol. The molecule has 0 saturated heterocycles. The topological polar surface area (TPSA) is 84.6 Å². The lowest BCUT2D eigenvalue weighted by Gasteiger charge is -2.11. The van der Waals surface area contributed by atoms with Crippen LogP contribution in [0.3, 0.4) is 0 Å². The molecule has 5 nitrogen and oxygen atoms in total. The Morgan fingerprint density at radius 2 is 2.22 bits per heavy atom. The van der Waals surface area contributed by atoms with Crippen molar-refractivity contribution in [3.05, 3.63) is 23.8 Å². The summed E-state index contributed by atoms with van der Waals surface area (Å²) in [7, 11) is 0. The molecule has 0 atom stereocenters. The highest BCUT2D eigenvalue weighted by molar-refractivity contribution is 5.90. The van der Waals surface area contributed by atoms with Crippen LogP contribution in [0.2, 0.25) is 0 Å². The van der Waals surface area contributed by atoms with Gasteiger partial charge in [-0.05, 0) is 38.5 Å². The summed E-state index contributed by atoms with van der Waals surface area (Å²) in [4.78, 5) is 10.7.